The van der Waals surface area contributed by atoms with Gasteiger partial charge < -0.3 is 5.32 Å². The predicted molar refractivity (Wildman–Crippen MR) is 83.6 cm³/mol. The number of halogens is 4. The molecule has 0 amide bonds. The molecule has 114 valence electrons. The maximum atomic E-state index is 12.6. The normalized spacial score (nSPS) is 13.4. The molecule has 0 saturated carbocycles. The molecule has 1 atom stereocenters. The lowest BCUT2D eigenvalue weighted by Crippen LogP contribution is -2.22. The molecule has 1 aromatic carbocycles. The summed E-state index contributed by atoms with van der Waals surface area (Å²) in [4.78, 5) is 1.08. The van der Waals surface area contributed by atoms with Gasteiger partial charge in [-0.1, -0.05) is 19.1 Å². The van der Waals surface area contributed by atoms with Gasteiger partial charge in [-0.25, -0.2) is 0 Å². The number of benzene rings is 1. The molecule has 0 aliphatic heterocycles. The molecule has 21 heavy (non-hydrogen) atoms. The summed E-state index contributed by atoms with van der Waals surface area (Å²) in [5, 5.41) is 5.35. The molecule has 1 N–H and O–H groups in total. The van der Waals surface area contributed by atoms with Crippen molar-refractivity contribution in [2.24, 2.45) is 0 Å². The topological polar surface area (TPSA) is 12.0 Å². The Morgan fingerprint density at radius 2 is 1.90 bits per heavy atom. The summed E-state index contributed by atoms with van der Waals surface area (Å²) in [6.45, 7) is 2.86. The first-order chi connectivity index (χ1) is 9.91. The Hall–Kier alpha value is -0.850. The van der Waals surface area contributed by atoms with Gasteiger partial charge in [0.15, 0.2) is 0 Å². The lowest BCUT2D eigenvalue weighted by atomic mass is 10.0. The molecule has 0 aliphatic carbocycles. The average Bonchev–Trinajstić information content (AvgIpc) is 2.85. The fraction of sp³-hybridized carbons (Fsp3) is 0.333. The van der Waals surface area contributed by atoms with Gasteiger partial charge in [0.1, 0.15) is 0 Å². The highest BCUT2D eigenvalue weighted by atomic mass is 79.9. The van der Waals surface area contributed by atoms with Crippen LogP contribution in [0.5, 0.6) is 0 Å². The van der Waals surface area contributed by atoms with E-state index in [0.29, 0.717) is 0 Å². The van der Waals surface area contributed by atoms with Crippen molar-refractivity contribution < 1.29 is 13.2 Å². The molecule has 0 spiro atoms. The highest BCUT2D eigenvalue weighted by molar-refractivity contribution is 9.10. The lowest BCUT2D eigenvalue weighted by molar-refractivity contribution is -0.137. The van der Waals surface area contributed by atoms with Crippen LogP contribution < -0.4 is 5.32 Å². The van der Waals surface area contributed by atoms with Crippen LogP contribution in [0.2, 0.25) is 0 Å². The van der Waals surface area contributed by atoms with E-state index >= 15 is 0 Å². The van der Waals surface area contributed by atoms with Crippen LogP contribution in [0.1, 0.15) is 35.4 Å². The molecular weight excluding hydrogens is 363 g/mol. The zero-order valence-electron chi connectivity index (χ0n) is 11.4. The van der Waals surface area contributed by atoms with Crippen LogP contribution in [0, 0.1) is 0 Å². The first-order valence-corrected chi connectivity index (χ1v) is 8.23. The molecule has 6 heteroatoms. The summed E-state index contributed by atoms with van der Waals surface area (Å²) in [6, 6.07) is 7.28. The number of alkyl halides is 3. The molecule has 0 aliphatic rings. The van der Waals surface area contributed by atoms with Gasteiger partial charge in [-0.3, -0.25) is 0 Å². The summed E-state index contributed by atoms with van der Waals surface area (Å²) in [5.41, 5.74) is 0.221. The number of hydrogen-bond donors (Lipinski definition) is 1. The highest BCUT2D eigenvalue weighted by Crippen LogP contribution is 2.33. The van der Waals surface area contributed by atoms with Crippen LogP contribution in [0.3, 0.4) is 0 Å². The highest BCUT2D eigenvalue weighted by Gasteiger charge is 2.30. The van der Waals surface area contributed by atoms with Crippen molar-refractivity contribution in [2.45, 2.75) is 25.6 Å². The van der Waals surface area contributed by atoms with Crippen molar-refractivity contribution in [3.63, 3.8) is 0 Å². The van der Waals surface area contributed by atoms with E-state index in [4.69, 9.17) is 0 Å². The second-order valence-corrected chi connectivity index (χ2v) is 6.53. The van der Waals surface area contributed by atoms with E-state index in [1.165, 1.54) is 0 Å². The number of hydrogen-bond acceptors (Lipinski definition) is 2. The molecule has 1 heterocycles. The van der Waals surface area contributed by atoms with Crippen LogP contribution in [0.15, 0.2) is 40.2 Å². The summed E-state index contributed by atoms with van der Waals surface area (Å²) in [7, 11) is 0. The molecule has 2 aromatic rings. The molecule has 0 fully saturated rings. The van der Waals surface area contributed by atoms with Crippen molar-refractivity contribution >= 4 is 27.3 Å². The van der Waals surface area contributed by atoms with Gasteiger partial charge in [0.25, 0.3) is 0 Å². The molecule has 1 nitrogen and oxygen atoms in total. The number of nitrogens with one attached hydrogen (secondary N) is 1. The Kier molecular flexibility index (Phi) is 5.46. The molecule has 2 rings (SSSR count). The first kappa shape index (κ1) is 16.5. The second-order valence-electron chi connectivity index (χ2n) is 4.67. The summed E-state index contributed by atoms with van der Waals surface area (Å²) in [5.74, 6) is 0. The third-order valence-electron chi connectivity index (χ3n) is 3.04. The van der Waals surface area contributed by atoms with Gasteiger partial charge in [0, 0.05) is 14.7 Å². The monoisotopic (exact) mass is 377 g/mol. The van der Waals surface area contributed by atoms with Gasteiger partial charge >= 0.3 is 6.18 Å². The summed E-state index contributed by atoms with van der Waals surface area (Å²) < 4.78 is 38.9. The van der Waals surface area contributed by atoms with E-state index in [9.17, 15) is 13.2 Å². The van der Waals surface area contributed by atoms with Gasteiger partial charge in [-0.15, -0.1) is 11.3 Å². The van der Waals surface area contributed by atoms with Crippen molar-refractivity contribution in [3.8, 4) is 0 Å². The number of thiophene rings is 1. The van der Waals surface area contributed by atoms with Crippen LogP contribution in [-0.4, -0.2) is 6.54 Å². The Bertz CT molecular complexity index is 577. The quantitative estimate of drug-likeness (QED) is 0.712. The minimum atomic E-state index is -4.29. The van der Waals surface area contributed by atoms with Gasteiger partial charge in [-0.2, -0.15) is 13.2 Å². The molecule has 1 aromatic heterocycles. The Balaban J connectivity index is 2.28. The minimum absolute atomic E-state index is 0.0801. The Morgan fingerprint density at radius 3 is 2.38 bits per heavy atom. The van der Waals surface area contributed by atoms with Crippen molar-refractivity contribution in [3.05, 3.63) is 56.2 Å². The molecule has 1 unspecified atom stereocenters. The minimum Gasteiger partial charge on any atom is -0.306 e. The maximum absolute atomic E-state index is 12.6. The van der Waals surface area contributed by atoms with Crippen molar-refractivity contribution in [2.75, 3.05) is 6.54 Å². The standard InChI is InChI=1S/C15H15BrF3NS/c1-2-7-20-14(13-8-12(16)9-21-13)10-3-5-11(6-4-10)15(17,18)19/h3-6,8-9,14,20H,2,7H2,1H3. The van der Waals surface area contributed by atoms with Crippen molar-refractivity contribution in [1.29, 1.82) is 0 Å². The molecular formula is C15H15BrF3NS. The molecule has 0 bridgehead atoms. The van der Waals surface area contributed by atoms with E-state index in [1.807, 2.05) is 11.4 Å². The Labute approximate surface area is 134 Å². The molecule has 0 radical (unpaired) electrons. The molecule has 0 saturated heterocycles. The fourth-order valence-corrected chi connectivity index (χ4v) is 3.56. The lowest BCUT2D eigenvalue weighted by Gasteiger charge is -2.18. The van der Waals surface area contributed by atoms with E-state index in [2.05, 4.69) is 28.2 Å². The number of rotatable bonds is 5. The third kappa shape index (κ3) is 4.31. The predicted octanol–water partition coefficient (Wildman–Crippen LogP) is 5.62. The van der Waals surface area contributed by atoms with Crippen LogP contribution in [0.4, 0.5) is 13.2 Å². The zero-order chi connectivity index (χ0) is 15.5. The van der Waals surface area contributed by atoms with E-state index in [-0.39, 0.29) is 6.04 Å². The van der Waals surface area contributed by atoms with Gasteiger partial charge in [0.05, 0.1) is 11.6 Å². The first-order valence-electron chi connectivity index (χ1n) is 6.56. The largest absolute Gasteiger partial charge is 0.416 e. The van der Waals surface area contributed by atoms with Crippen molar-refractivity contribution in [1.82, 2.24) is 5.32 Å². The van der Waals surface area contributed by atoms with Gasteiger partial charge in [-0.05, 0) is 52.7 Å². The average molecular weight is 378 g/mol. The van der Waals surface area contributed by atoms with Gasteiger partial charge in [0.2, 0.25) is 0 Å². The van der Waals surface area contributed by atoms with E-state index < -0.39 is 11.7 Å². The van der Waals surface area contributed by atoms with Crippen LogP contribution in [0.25, 0.3) is 0 Å². The summed E-state index contributed by atoms with van der Waals surface area (Å²) >= 11 is 4.99. The van der Waals surface area contributed by atoms with Crippen LogP contribution in [-0.2, 0) is 6.18 Å². The Morgan fingerprint density at radius 1 is 1.24 bits per heavy atom. The summed E-state index contributed by atoms with van der Waals surface area (Å²) in [6.07, 6.45) is -3.33. The SMILES string of the molecule is CCCNC(c1ccc(C(F)(F)F)cc1)c1cc(Br)cs1. The van der Waals surface area contributed by atoms with E-state index in [0.717, 1.165) is 40.0 Å². The van der Waals surface area contributed by atoms with E-state index in [1.54, 1.807) is 23.5 Å². The zero-order valence-corrected chi connectivity index (χ0v) is 13.8. The second kappa shape index (κ2) is 6.94. The smallest absolute Gasteiger partial charge is 0.306 e. The third-order valence-corrected chi connectivity index (χ3v) is 4.80. The van der Waals surface area contributed by atoms with Crippen LogP contribution >= 0.6 is 27.3 Å². The maximum Gasteiger partial charge on any atom is 0.416 e. The fourth-order valence-electron chi connectivity index (χ4n) is 2.02.